The number of piperazine rings is 1. The molecule has 1 saturated heterocycles. The van der Waals surface area contributed by atoms with E-state index in [-0.39, 0.29) is 11.9 Å². The first-order valence-corrected chi connectivity index (χ1v) is 8.16. The highest BCUT2D eigenvalue weighted by molar-refractivity contribution is 5.33. The number of nitrogens with zero attached hydrogens (tertiary/aromatic N) is 4. The Bertz CT molecular complexity index is 683. The molecule has 7 heteroatoms. The number of methoxy groups -OCH3 is 1. The van der Waals surface area contributed by atoms with E-state index in [0.29, 0.717) is 18.3 Å². The van der Waals surface area contributed by atoms with Crippen LogP contribution in [0, 0.1) is 12.7 Å². The normalized spacial score (nSPS) is 17.8. The zero-order valence-corrected chi connectivity index (χ0v) is 14.3. The second-order valence-electron chi connectivity index (χ2n) is 6.12. The summed E-state index contributed by atoms with van der Waals surface area (Å²) in [5.41, 5.74) is 0.881. The van der Waals surface area contributed by atoms with Gasteiger partial charge in [-0.1, -0.05) is 5.16 Å². The van der Waals surface area contributed by atoms with Crippen LogP contribution in [0.2, 0.25) is 0 Å². The molecule has 1 atom stereocenters. The number of aryl methyl sites for hydroxylation is 1. The van der Waals surface area contributed by atoms with Crippen LogP contribution in [0.25, 0.3) is 0 Å². The van der Waals surface area contributed by atoms with Gasteiger partial charge >= 0.3 is 0 Å². The lowest BCUT2D eigenvalue weighted by Crippen LogP contribution is -2.46. The summed E-state index contributed by atoms with van der Waals surface area (Å²) in [6.07, 6.45) is 0. The molecule has 24 heavy (non-hydrogen) atoms. The number of rotatable bonds is 5. The molecule has 0 saturated carbocycles. The summed E-state index contributed by atoms with van der Waals surface area (Å²) < 4.78 is 24.1. The maximum absolute atomic E-state index is 13.5. The van der Waals surface area contributed by atoms with Crippen LogP contribution in [0.5, 0.6) is 5.75 Å². The van der Waals surface area contributed by atoms with Crippen LogP contribution in [-0.4, -0.2) is 53.2 Å². The zero-order chi connectivity index (χ0) is 17.1. The van der Waals surface area contributed by atoms with E-state index in [1.54, 1.807) is 19.2 Å². The van der Waals surface area contributed by atoms with Gasteiger partial charge in [-0.25, -0.2) is 4.39 Å². The average molecular weight is 334 g/mol. The van der Waals surface area contributed by atoms with Crippen LogP contribution in [-0.2, 0) is 6.54 Å². The SMILES string of the molecule is COc1ccc(F)cc1CN1CCN(C(C)c2nc(C)no2)CC1. The van der Waals surface area contributed by atoms with Gasteiger partial charge in [0.25, 0.3) is 0 Å². The van der Waals surface area contributed by atoms with E-state index in [0.717, 1.165) is 37.5 Å². The number of hydrogen-bond donors (Lipinski definition) is 0. The maximum Gasteiger partial charge on any atom is 0.243 e. The van der Waals surface area contributed by atoms with Crippen molar-refractivity contribution in [3.8, 4) is 5.75 Å². The van der Waals surface area contributed by atoms with Crippen molar-refractivity contribution in [3.63, 3.8) is 0 Å². The molecule has 1 unspecified atom stereocenters. The molecule has 130 valence electrons. The number of aromatic nitrogens is 2. The predicted octanol–water partition coefficient (Wildman–Crippen LogP) is 2.40. The summed E-state index contributed by atoms with van der Waals surface area (Å²) in [7, 11) is 1.61. The Morgan fingerprint density at radius 1 is 1.29 bits per heavy atom. The molecule has 1 aromatic carbocycles. The van der Waals surface area contributed by atoms with E-state index in [1.165, 1.54) is 6.07 Å². The highest BCUT2D eigenvalue weighted by Crippen LogP contribution is 2.24. The van der Waals surface area contributed by atoms with Gasteiger partial charge in [0.1, 0.15) is 11.6 Å². The maximum atomic E-state index is 13.5. The van der Waals surface area contributed by atoms with Crippen molar-refractivity contribution < 1.29 is 13.7 Å². The van der Waals surface area contributed by atoms with Crippen molar-refractivity contribution in [3.05, 3.63) is 41.3 Å². The van der Waals surface area contributed by atoms with Crippen LogP contribution in [0.4, 0.5) is 4.39 Å². The molecule has 3 rings (SSSR count). The highest BCUT2D eigenvalue weighted by Gasteiger charge is 2.25. The average Bonchev–Trinajstić information content (AvgIpc) is 3.02. The molecule has 1 fully saturated rings. The number of halogens is 1. The first-order chi connectivity index (χ1) is 11.6. The third-order valence-corrected chi connectivity index (χ3v) is 4.49. The third-order valence-electron chi connectivity index (χ3n) is 4.49. The van der Waals surface area contributed by atoms with Crippen molar-refractivity contribution >= 4 is 0 Å². The van der Waals surface area contributed by atoms with Crippen molar-refractivity contribution in [2.24, 2.45) is 0 Å². The number of ether oxygens (including phenoxy) is 1. The van der Waals surface area contributed by atoms with Crippen LogP contribution in [0.15, 0.2) is 22.7 Å². The number of benzene rings is 1. The molecular formula is C17H23FN4O2. The molecular weight excluding hydrogens is 311 g/mol. The minimum atomic E-state index is -0.232. The van der Waals surface area contributed by atoms with E-state index in [9.17, 15) is 4.39 Å². The number of hydrogen-bond acceptors (Lipinski definition) is 6. The molecule has 1 aliphatic heterocycles. The van der Waals surface area contributed by atoms with Gasteiger partial charge in [-0.3, -0.25) is 9.80 Å². The van der Waals surface area contributed by atoms with Gasteiger partial charge in [0.15, 0.2) is 5.82 Å². The van der Waals surface area contributed by atoms with E-state index in [1.807, 2.05) is 6.92 Å². The van der Waals surface area contributed by atoms with Gasteiger partial charge in [0.05, 0.1) is 13.2 Å². The summed E-state index contributed by atoms with van der Waals surface area (Å²) >= 11 is 0. The molecule has 0 N–H and O–H groups in total. The van der Waals surface area contributed by atoms with Crippen molar-refractivity contribution in [1.82, 2.24) is 19.9 Å². The molecule has 2 aromatic rings. The Morgan fingerprint density at radius 3 is 2.67 bits per heavy atom. The predicted molar refractivity (Wildman–Crippen MR) is 87.3 cm³/mol. The Balaban J connectivity index is 1.58. The molecule has 0 spiro atoms. The molecule has 1 aromatic heterocycles. The van der Waals surface area contributed by atoms with Crippen LogP contribution in [0.1, 0.15) is 30.2 Å². The van der Waals surface area contributed by atoms with Gasteiger partial charge in [0.2, 0.25) is 5.89 Å². The zero-order valence-electron chi connectivity index (χ0n) is 14.3. The standard InChI is InChI=1S/C17H23FN4O2/c1-12(17-19-13(2)20-24-17)22-8-6-21(7-9-22)11-14-10-15(18)4-5-16(14)23-3/h4-5,10,12H,6-9,11H2,1-3H3. The van der Waals surface area contributed by atoms with Crippen molar-refractivity contribution in [2.75, 3.05) is 33.3 Å². The van der Waals surface area contributed by atoms with Gasteiger partial charge in [-0.05, 0) is 32.0 Å². The monoisotopic (exact) mass is 334 g/mol. The highest BCUT2D eigenvalue weighted by atomic mass is 19.1. The van der Waals surface area contributed by atoms with Gasteiger partial charge in [0, 0.05) is 38.3 Å². The lowest BCUT2D eigenvalue weighted by atomic mass is 10.1. The minimum Gasteiger partial charge on any atom is -0.496 e. The summed E-state index contributed by atoms with van der Waals surface area (Å²) in [6, 6.07) is 4.77. The quantitative estimate of drug-likeness (QED) is 0.837. The smallest absolute Gasteiger partial charge is 0.243 e. The molecule has 6 nitrogen and oxygen atoms in total. The second kappa shape index (κ2) is 7.27. The largest absolute Gasteiger partial charge is 0.496 e. The Labute approximate surface area is 141 Å². The van der Waals surface area contributed by atoms with Crippen LogP contribution < -0.4 is 4.74 Å². The van der Waals surface area contributed by atoms with E-state index >= 15 is 0 Å². The fraction of sp³-hybridized carbons (Fsp3) is 0.529. The van der Waals surface area contributed by atoms with Crippen LogP contribution in [0.3, 0.4) is 0 Å². The molecule has 0 aliphatic carbocycles. The first-order valence-electron chi connectivity index (χ1n) is 8.16. The summed E-state index contributed by atoms with van der Waals surface area (Å²) in [5.74, 6) is 1.82. The molecule has 0 radical (unpaired) electrons. The third kappa shape index (κ3) is 3.73. The first kappa shape index (κ1) is 16.9. The van der Waals surface area contributed by atoms with Gasteiger partial charge in [-0.2, -0.15) is 4.98 Å². The Hall–Kier alpha value is -1.99. The van der Waals surface area contributed by atoms with Crippen LogP contribution >= 0.6 is 0 Å². The lowest BCUT2D eigenvalue weighted by molar-refractivity contribution is 0.0840. The lowest BCUT2D eigenvalue weighted by Gasteiger charge is -2.37. The molecule has 0 bridgehead atoms. The fourth-order valence-corrected chi connectivity index (χ4v) is 3.06. The Kier molecular flexibility index (Phi) is 5.11. The Morgan fingerprint density at radius 2 is 2.04 bits per heavy atom. The van der Waals surface area contributed by atoms with Gasteiger partial charge < -0.3 is 9.26 Å². The molecule has 1 aliphatic rings. The van der Waals surface area contributed by atoms with E-state index in [4.69, 9.17) is 9.26 Å². The van der Waals surface area contributed by atoms with E-state index in [2.05, 4.69) is 26.9 Å². The summed E-state index contributed by atoms with van der Waals surface area (Å²) in [6.45, 7) is 8.19. The molecule has 2 heterocycles. The topological polar surface area (TPSA) is 54.6 Å². The minimum absolute atomic E-state index is 0.108. The summed E-state index contributed by atoms with van der Waals surface area (Å²) in [5, 5.41) is 3.86. The van der Waals surface area contributed by atoms with Crippen molar-refractivity contribution in [2.45, 2.75) is 26.4 Å². The van der Waals surface area contributed by atoms with Gasteiger partial charge in [-0.15, -0.1) is 0 Å². The summed E-state index contributed by atoms with van der Waals surface area (Å²) in [4.78, 5) is 8.94. The molecule has 0 amide bonds. The second-order valence-corrected chi connectivity index (χ2v) is 6.12. The van der Waals surface area contributed by atoms with Crippen molar-refractivity contribution in [1.29, 1.82) is 0 Å². The van der Waals surface area contributed by atoms with E-state index < -0.39 is 0 Å². The fourth-order valence-electron chi connectivity index (χ4n) is 3.06.